The van der Waals surface area contributed by atoms with Gasteiger partial charge in [-0.15, -0.1) is 0 Å². The van der Waals surface area contributed by atoms with Crippen molar-refractivity contribution in [2.24, 2.45) is 0 Å². The fourth-order valence-corrected chi connectivity index (χ4v) is 14.4. The molecule has 6 aromatic heterocycles. The van der Waals surface area contributed by atoms with E-state index in [2.05, 4.69) is 101 Å². The summed E-state index contributed by atoms with van der Waals surface area (Å²) in [5.41, 5.74) is 31.1. The van der Waals surface area contributed by atoms with E-state index in [0.29, 0.717) is 89.3 Å². The molecule has 12 aromatic rings. The average molecular weight is 1540 g/mol. The standard InChI is InChI=1S/C30H29F3N6O.C29H29ClN6O.C28H27FN6O/c1-18-4-6-20(15-26(40)22-7-5-19(2)24(16-22)30(31,32)33)14-21(18)8-9-25-27-28(34)35-17-36-29(27)39(37-25)23-10-12-38(3)13-11-23;1-18-4-6-20(15-26(37)22-7-5-19(2)24(30)16-22)14-21(18)8-9-25-27-28(31)32-17-33-29(27)36(34-25)23-10-12-35(3)13-11-23;1-18-6-7-19(15-25(36)21-4-3-5-22(29)16-21)14-20(18)8-9-24-26-27(30)31-17-32-28(26)35(33-24)23-10-12-34(2)13-11-23/h4-7,14,16-17,23H,10-13,15H2,1-3H3,(H2,34,35,36);4-7,14,16-17,23H,10-13,15H2,1-3H3,(H2,31,32,33);3-7,14,16-17,23H,10-13,15H2,1-2H3,(H2,30,31,32). The molecule has 3 aliphatic heterocycles. The molecular formula is C87H85ClF4N18O3. The number of piperidine rings is 3. The number of hydrogen-bond acceptors (Lipinski definition) is 18. The number of Topliss-reactive ketones (excluding diaryl/α,β-unsaturated/α-hetero) is 3. The third-order valence-electron chi connectivity index (χ3n) is 21.1. The highest BCUT2D eigenvalue weighted by Gasteiger charge is 2.34. The maximum Gasteiger partial charge on any atom is 0.416 e. The van der Waals surface area contributed by atoms with Gasteiger partial charge in [-0.05, 0) is 238 Å². The smallest absolute Gasteiger partial charge is 0.383 e. The van der Waals surface area contributed by atoms with E-state index in [4.69, 9.17) is 44.1 Å². The van der Waals surface area contributed by atoms with Crippen molar-refractivity contribution in [3.05, 3.63) is 246 Å². The summed E-state index contributed by atoms with van der Waals surface area (Å²) in [7, 11) is 6.35. The van der Waals surface area contributed by atoms with E-state index in [1.54, 1.807) is 30.3 Å². The molecule has 113 heavy (non-hydrogen) atoms. The SMILES string of the molecule is Cc1ccc(C(=O)Cc2ccc(C)c(C#Cc3nn(C4CCN(C)CC4)c4ncnc(N)c34)c2)cc1Cl.Cc1ccc(CC(=O)c2ccc(C)c(C(F)(F)F)c2)cc1C#Cc1nn(C2CCN(C)CC2)c2ncnc(N)c12.Cc1ccc(CC(=O)c2cccc(F)c2)cc1C#Cc1nn(C2CCN(C)CC2)c2ncnc(N)c12. The van der Waals surface area contributed by atoms with Crippen molar-refractivity contribution < 1.29 is 31.9 Å². The number of aryl methyl sites for hydroxylation is 5. The molecule has 3 saturated heterocycles. The Morgan fingerprint density at radius 2 is 0.752 bits per heavy atom. The van der Waals surface area contributed by atoms with E-state index in [1.165, 1.54) is 50.2 Å². The van der Waals surface area contributed by atoms with Gasteiger partial charge >= 0.3 is 6.18 Å². The van der Waals surface area contributed by atoms with Gasteiger partial charge in [0.25, 0.3) is 0 Å². The minimum atomic E-state index is -4.52. The Kier molecular flexibility index (Phi) is 24.0. The van der Waals surface area contributed by atoms with Crippen LogP contribution in [-0.2, 0) is 25.4 Å². The van der Waals surface area contributed by atoms with Gasteiger partial charge in [-0.2, -0.15) is 28.5 Å². The van der Waals surface area contributed by atoms with Crippen LogP contribution in [0.1, 0.15) is 172 Å². The van der Waals surface area contributed by atoms with Crippen LogP contribution in [0.4, 0.5) is 35.0 Å². The predicted octanol–water partition coefficient (Wildman–Crippen LogP) is 13.9. The molecular weight excluding hydrogens is 1460 g/mol. The molecule has 6 aromatic carbocycles. The highest BCUT2D eigenvalue weighted by Crippen LogP contribution is 2.35. The number of fused-ring (bicyclic) bond motifs is 3. The first kappa shape index (κ1) is 79.0. The number of rotatable bonds is 12. The van der Waals surface area contributed by atoms with Crippen LogP contribution in [0.15, 0.2) is 134 Å². The van der Waals surface area contributed by atoms with Crippen LogP contribution in [0.5, 0.6) is 0 Å². The zero-order chi connectivity index (χ0) is 79.9. The molecule has 6 N–H and O–H groups in total. The summed E-state index contributed by atoms with van der Waals surface area (Å²) < 4.78 is 59.4. The minimum absolute atomic E-state index is 0.0115. The molecule has 9 heterocycles. The first-order chi connectivity index (χ1) is 54.2. The Morgan fingerprint density at radius 1 is 0.425 bits per heavy atom. The van der Waals surface area contributed by atoms with Gasteiger partial charge in [0, 0.05) is 57.7 Å². The monoisotopic (exact) mass is 1540 g/mol. The van der Waals surface area contributed by atoms with Crippen LogP contribution in [0.2, 0.25) is 5.02 Å². The van der Waals surface area contributed by atoms with Crippen LogP contribution < -0.4 is 17.2 Å². The Bertz CT molecular complexity index is 5850. The topological polar surface area (TPSA) is 270 Å². The zero-order valence-corrected chi connectivity index (χ0v) is 64.9. The predicted molar refractivity (Wildman–Crippen MR) is 431 cm³/mol. The molecule has 0 bridgehead atoms. The highest BCUT2D eigenvalue weighted by molar-refractivity contribution is 6.31. The molecule has 0 amide bonds. The highest BCUT2D eigenvalue weighted by atomic mass is 35.5. The normalized spacial score (nSPS) is 14.6. The maximum absolute atomic E-state index is 13.5. The van der Waals surface area contributed by atoms with Crippen LogP contribution in [0, 0.1) is 76.0 Å². The van der Waals surface area contributed by atoms with Crippen molar-refractivity contribution in [2.75, 3.05) is 77.6 Å². The van der Waals surface area contributed by atoms with Gasteiger partial charge in [-0.25, -0.2) is 48.3 Å². The van der Waals surface area contributed by atoms with E-state index in [9.17, 15) is 31.9 Å². The summed E-state index contributed by atoms with van der Waals surface area (Å²) in [6.45, 7) is 15.1. The number of carbonyl (C=O) groups excluding carboxylic acids is 3. The number of likely N-dealkylation sites (tertiary alicyclic amines) is 3. The van der Waals surface area contributed by atoms with Gasteiger partial charge in [-0.1, -0.05) is 102 Å². The second kappa shape index (κ2) is 34.3. The number of nitrogen functional groups attached to an aromatic ring is 3. The molecule has 15 rings (SSSR count). The maximum atomic E-state index is 13.5. The molecule has 0 unspecified atom stereocenters. The third kappa shape index (κ3) is 18.5. The molecule has 0 aliphatic carbocycles. The van der Waals surface area contributed by atoms with E-state index in [0.717, 1.165) is 134 Å². The number of aromatic nitrogens is 12. The van der Waals surface area contributed by atoms with Gasteiger partial charge in [-0.3, -0.25) is 14.4 Å². The van der Waals surface area contributed by atoms with E-state index in [1.807, 2.05) is 96.3 Å². The largest absolute Gasteiger partial charge is 0.416 e. The van der Waals surface area contributed by atoms with Crippen molar-refractivity contribution in [3.8, 4) is 35.5 Å². The number of anilines is 3. The van der Waals surface area contributed by atoms with Gasteiger partial charge in [0.1, 0.15) is 59.3 Å². The molecule has 3 aliphatic rings. The Labute approximate surface area is 657 Å². The van der Waals surface area contributed by atoms with Crippen molar-refractivity contribution in [1.29, 1.82) is 0 Å². The summed E-state index contributed by atoms with van der Waals surface area (Å²) in [6, 6.07) is 32.6. The fraction of sp³-hybridized carbons (Fsp3) is 0.310. The van der Waals surface area contributed by atoms with E-state index >= 15 is 0 Å². The first-order valence-corrected chi connectivity index (χ1v) is 37.7. The quantitative estimate of drug-likeness (QED) is 0.0582. The number of carbonyl (C=O) groups is 3. The fourth-order valence-electron chi connectivity index (χ4n) is 14.2. The Morgan fingerprint density at radius 3 is 1.09 bits per heavy atom. The first-order valence-electron chi connectivity index (χ1n) is 37.4. The summed E-state index contributed by atoms with van der Waals surface area (Å²) in [5.74, 6) is 19.3. The van der Waals surface area contributed by atoms with Crippen LogP contribution in [0.3, 0.4) is 0 Å². The molecule has 0 radical (unpaired) electrons. The lowest BCUT2D eigenvalue weighted by Crippen LogP contribution is -2.32. The van der Waals surface area contributed by atoms with Crippen molar-refractivity contribution in [2.45, 2.75) is 117 Å². The lowest BCUT2D eigenvalue weighted by molar-refractivity contribution is -0.138. The lowest BCUT2D eigenvalue weighted by Gasteiger charge is -2.29. The Hall–Kier alpha value is -12.1. The number of ketones is 3. The summed E-state index contributed by atoms with van der Waals surface area (Å²) in [6.07, 6.45) is 6.03. The molecule has 576 valence electrons. The second-order valence-electron chi connectivity index (χ2n) is 29.4. The molecule has 0 atom stereocenters. The van der Waals surface area contributed by atoms with E-state index in [-0.39, 0.29) is 60.1 Å². The summed E-state index contributed by atoms with van der Waals surface area (Å²) in [5, 5.41) is 17.0. The average Bonchev–Trinajstić information content (AvgIpc) is 1.62. The zero-order valence-electron chi connectivity index (χ0n) is 64.1. The number of hydrogen-bond donors (Lipinski definition) is 3. The number of nitrogens with zero attached hydrogens (tertiary/aromatic N) is 15. The molecule has 21 nitrogen and oxygen atoms in total. The van der Waals surface area contributed by atoms with Gasteiger partial charge < -0.3 is 31.9 Å². The van der Waals surface area contributed by atoms with Crippen molar-refractivity contribution >= 4 is 79.5 Å². The third-order valence-corrected chi connectivity index (χ3v) is 21.5. The molecule has 3 fully saturated rings. The second-order valence-corrected chi connectivity index (χ2v) is 29.8. The van der Waals surface area contributed by atoms with Crippen molar-refractivity contribution in [1.82, 2.24) is 73.9 Å². The molecule has 0 spiro atoms. The van der Waals surface area contributed by atoms with Crippen molar-refractivity contribution in [3.63, 3.8) is 0 Å². The number of nitrogens with two attached hydrogens (primary N) is 3. The Balaban J connectivity index is 0.000000148. The van der Waals surface area contributed by atoms with Gasteiger partial charge in [0.15, 0.2) is 34.3 Å². The van der Waals surface area contributed by atoms with Crippen LogP contribution in [0.25, 0.3) is 33.1 Å². The molecule has 26 heteroatoms. The number of halogens is 5. The van der Waals surface area contributed by atoms with Gasteiger partial charge in [0.05, 0.1) is 39.8 Å². The minimum Gasteiger partial charge on any atom is -0.383 e. The number of alkyl halides is 3. The lowest BCUT2D eigenvalue weighted by atomic mass is 9.96. The number of benzene rings is 6. The van der Waals surface area contributed by atoms with E-state index < -0.39 is 23.3 Å². The molecule has 0 saturated carbocycles. The summed E-state index contributed by atoms with van der Waals surface area (Å²) in [4.78, 5) is 71.2. The van der Waals surface area contributed by atoms with Gasteiger partial charge in [0.2, 0.25) is 0 Å². The van der Waals surface area contributed by atoms with Crippen LogP contribution >= 0.6 is 11.6 Å². The summed E-state index contributed by atoms with van der Waals surface area (Å²) >= 11 is 6.22. The van der Waals surface area contributed by atoms with Crippen LogP contribution in [-0.4, -0.2) is 152 Å².